The van der Waals surface area contributed by atoms with Gasteiger partial charge in [0.05, 0.1) is 32.0 Å². The van der Waals surface area contributed by atoms with Crippen LogP contribution in [0.2, 0.25) is 0 Å². The zero-order valence-corrected chi connectivity index (χ0v) is 53.8. The quantitative estimate of drug-likeness (QED) is 0.0204. The molecule has 2 fully saturated rings. The van der Waals surface area contributed by atoms with E-state index in [4.69, 9.17) is 18.9 Å². The highest BCUT2D eigenvalue weighted by molar-refractivity contribution is 5.76. The summed E-state index contributed by atoms with van der Waals surface area (Å²) in [6, 6.07) is -0.927. The molecule has 0 aromatic carbocycles. The summed E-state index contributed by atoms with van der Waals surface area (Å²) in [7, 11) is 0. The van der Waals surface area contributed by atoms with Gasteiger partial charge in [-0.1, -0.05) is 286 Å². The van der Waals surface area contributed by atoms with Crippen molar-refractivity contribution in [3.05, 3.63) is 60.8 Å². The molecule has 9 N–H and O–H groups in total. The van der Waals surface area contributed by atoms with Gasteiger partial charge in [-0.15, -0.1) is 0 Å². The smallest absolute Gasteiger partial charge is 0.220 e. The first-order valence-electron chi connectivity index (χ1n) is 35.0. The third kappa shape index (κ3) is 40.1. The number of rotatable bonds is 57. The minimum Gasteiger partial charge on any atom is -0.394 e. The Labute approximate surface area is 517 Å². The van der Waals surface area contributed by atoms with Crippen LogP contribution in [0.4, 0.5) is 0 Å². The van der Waals surface area contributed by atoms with Crippen molar-refractivity contribution in [2.75, 3.05) is 19.8 Å². The molecule has 12 atom stereocenters. The predicted molar refractivity (Wildman–Crippen MR) is 346 cm³/mol. The van der Waals surface area contributed by atoms with Crippen molar-refractivity contribution < 1.29 is 64.6 Å². The van der Waals surface area contributed by atoms with E-state index in [2.05, 4.69) is 67.8 Å². The van der Waals surface area contributed by atoms with Crippen LogP contribution in [0.3, 0.4) is 0 Å². The van der Waals surface area contributed by atoms with E-state index in [9.17, 15) is 45.6 Å². The topological polar surface area (TPSA) is 228 Å². The number of carbonyl (C=O) groups is 1. The molecule has 0 aromatic rings. The van der Waals surface area contributed by atoms with Crippen molar-refractivity contribution in [3.8, 4) is 0 Å². The van der Waals surface area contributed by atoms with Gasteiger partial charge < -0.3 is 65.1 Å². The lowest BCUT2D eigenvalue weighted by atomic mass is 9.97. The molecule has 2 heterocycles. The molecule has 2 aliphatic heterocycles. The van der Waals surface area contributed by atoms with Crippen LogP contribution in [-0.4, -0.2) is 140 Å². The first-order chi connectivity index (χ1) is 41.6. The summed E-state index contributed by atoms with van der Waals surface area (Å²) in [5, 5.41) is 87.4. The van der Waals surface area contributed by atoms with Crippen molar-refractivity contribution in [2.45, 2.75) is 364 Å². The van der Waals surface area contributed by atoms with Crippen molar-refractivity contribution >= 4 is 5.91 Å². The van der Waals surface area contributed by atoms with Crippen molar-refractivity contribution in [3.63, 3.8) is 0 Å². The molecule has 14 nitrogen and oxygen atoms in total. The molecule has 0 bridgehead atoms. The van der Waals surface area contributed by atoms with Gasteiger partial charge in [-0.25, -0.2) is 0 Å². The zero-order chi connectivity index (χ0) is 61.6. The van der Waals surface area contributed by atoms with Gasteiger partial charge in [-0.05, 0) is 57.8 Å². The fourth-order valence-corrected chi connectivity index (χ4v) is 11.4. The first kappa shape index (κ1) is 78.8. The minimum atomic E-state index is -1.79. The second-order valence-electron chi connectivity index (χ2n) is 24.6. The summed E-state index contributed by atoms with van der Waals surface area (Å²) in [5.41, 5.74) is 0. The molecule has 0 aliphatic carbocycles. The van der Waals surface area contributed by atoms with Gasteiger partial charge in [-0.2, -0.15) is 0 Å². The molecule has 0 radical (unpaired) electrons. The zero-order valence-electron chi connectivity index (χ0n) is 53.8. The molecule has 2 saturated heterocycles. The molecule has 496 valence electrons. The predicted octanol–water partition coefficient (Wildman–Crippen LogP) is 14.1. The van der Waals surface area contributed by atoms with Gasteiger partial charge in [0, 0.05) is 6.42 Å². The van der Waals surface area contributed by atoms with E-state index in [0.29, 0.717) is 6.42 Å². The molecule has 12 unspecified atom stereocenters. The minimum absolute atomic E-state index is 0.252. The Bertz CT molecular complexity index is 1660. The second-order valence-corrected chi connectivity index (χ2v) is 24.6. The van der Waals surface area contributed by atoms with E-state index in [-0.39, 0.29) is 18.9 Å². The highest BCUT2D eigenvalue weighted by Gasteiger charge is 2.51. The van der Waals surface area contributed by atoms with Gasteiger partial charge in [0.25, 0.3) is 0 Å². The third-order valence-corrected chi connectivity index (χ3v) is 17.0. The third-order valence-electron chi connectivity index (χ3n) is 17.0. The fraction of sp³-hybridized carbons (Fsp3) is 0.845. The Hall–Kier alpha value is -2.31. The van der Waals surface area contributed by atoms with Crippen LogP contribution < -0.4 is 5.32 Å². The summed E-state index contributed by atoms with van der Waals surface area (Å²) in [6.07, 6.45) is 57.1. The summed E-state index contributed by atoms with van der Waals surface area (Å²) in [5.74, 6) is -0.252. The molecular formula is C71H129NO13. The highest BCUT2D eigenvalue weighted by atomic mass is 16.7. The summed E-state index contributed by atoms with van der Waals surface area (Å²) in [6.45, 7) is 2.70. The van der Waals surface area contributed by atoms with Gasteiger partial charge in [-0.3, -0.25) is 4.79 Å². The lowest BCUT2D eigenvalue weighted by Crippen LogP contribution is -2.65. The Morgan fingerprint density at radius 1 is 0.435 bits per heavy atom. The van der Waals surface area contributed by atoms with E-state index >= 15 is 0 Å². The second kappa shape index (κ2) is 55.7. The lowest BCUT2D eigenvalue weighted by Gasteiger charge is -2.46. The van der Waals surface area contributed by atoms with Crippen LogP contribution in [-0.2, 0) is 23.7 Å². The maximum atomic E-state index is 13.3. The van der Waals surface area contributed by atoms with Gasteiger partial charge in [0.1, 0.15) is 48.8 Å². The van der Waals surface area contributed by atoms with Crippen molar-refractivity contribution in [1.82, 2.24) is 5.32 Å². The van der Waals surface area contributed by atoms with Crippen LogP contribution in [0.1, 0.15) is 290 Å². The standard InChI is InChI=1S/C71H129NO13/c1-3-5-7-9-11-13-15-17-19-21-23-24-25-26-27-28-29-30-31-32-33-34-35-37-38-40-42-44-46-48-50-52-54-60(75)59(72-63(76)55-53-51-49-47-45-43-41-39-36-22-20-18-16-14-12-10-8-6-4-2)58-82-70-68(81)66(79)69(62(57-74)84-70)85-71-67(80)65(78)64(77)61(56-73)83-71/h6,8,12,14,18,20,36,39,52,54,59-62,64-71,73-75,77-81H,3-5,7,9-11,13,15-17,19,21-35,37-38,40-51,53,55-58H2,1-2H3,(H,72,76)/b8-6-,14-12-,20-18-,39-36-,54-52+. The largest absolute Gasteiger partial charge is 0.394 e. The van der Waals surface area contributed by atoms with Crippen LogP contribution in [0.5, 0.6) is 0 Å². The number of hydrogen-bond acceptors (Lipinski definition) is 13. The lowest BCUT2D eigenvalue weighted by molar-refractivity contribution is -0.359. The maximum absolute atomic E-state index is 13.3. The van der Waals surface area contributed by atoms with Crippen LogP contribution >= 0.6 is 0 Å². The van der Waals surface area contributed by atoms with Crippen LogP contribution in [0, 0.1) is 0 Å². The number of nitrogens with one attached hydrogen (secondary N) is 1. The van der Waals surface area contributed by atoms with Crippen molar-refractivity contribution in [2.24, 2.45) is 0 Å². The number of hydrogen-bond donors (Lipinski definition) is 9. The molecule has 2 aliphatic rings. The maximum Gasteiger partial charge on any atom is 0.220 e. The number of carbonyl (C=O) groups excluding carboxylic acids is 1. The number of allylic oxidation sites excluding steroid dienone is 9. The Balaban J connectivity index is 1.67. The summed E-state index contributed by atoms with van der Waals surface area (Å²) < 4.78 is 22.8. The Morgan fingerprint density at radius 2 is 0.812 bits per heavy atom. The Morgan fingerprint density at radius 3 is 1.25 bits per heavy atom. The SMILES string of the molecule is CC/C=C\C/C=C\C/C=C\C/C=C\CCCCCCCCC(=O)NC(COC1OC(CO)C(OC2OC(CO)C(O)C(O)C2O)C(O)C1O)C(O)/C=C/CCCCCCCCCCCCCCCCCCCCCCCCCCCCCCCC. The number of unbranched alkanes of at least 4 members (excludes halogenated alkanes) is 36. The monoisotopic (exact) mass is 1200 g/mol. The van der Waals surface area contributed by atoms with Gasteiger partial charge in [0.15, 0.2) is 12.6 Å². The van der Waals surface area contributed by atoms with E-state index < -0.39 is 86.8 Å². The number of aliphatic hydroxyl groups excluding tert-OH is 8. The van der Waals surface area contributed by atoms with Crippen molar-refractivity contribution in [1.29, 1.82) is 0 Å². The molecule has 85 heavy (non-hydrogen) atoms. The van der Waals surface area contributed by atoms with E-state index in [0.717, 1.165) is 83.5 Å². The molecular weight excluding hydrogens is 1070 g/mol. The first-order valence-corrected chi connectivity index (χ1v) is 35.0. The number of aliphatic hydroxyl groups is 8. The summed E-state index contributed by atoms with van der Waals surface area (Å²) >= 11 is 0. The summed E-state index contributed by atoms with van der Waals surface area (Å²) in [4.78, 5) is 13.3. The molecule has 2 rings (SSSR count). The average Bonchev–Trinajstić information content (AvgIpc) is 3.69. The highest BCUT2D eigenvalue weighted by Crippen LogP contribution is 2.30. The van der Waals surface area contributed by atoms with E-state index in [1.807, 2.05) is 6.08 Å². The normalized spacial score (nSPS) is 23.9. The molecule has 0 spiro atoms. The average molecular weight is 1200 g/mol. The fourth-order valence-electron chi connectivity index (χ4n) is 11.4. The number of amides is 1. The van der Waals surface area contributed by atoms with Gasteiger partial charge in [0.2, 0.25) is 5.91 Å². The number of ether oxygens (including phenoxy) is 4. The Kier molecular flexibility index (Phi) is 51.7. The van der Waals surface area contributed by atoms with Crippen LogP contribution in [0.15, 0.2) is 60.8 Å². The molecule has 14 heteroatoms. The van der Waals surface area contributed by atoms with Crippen LogP contribution in [0.25, 0.3) is 0 Å². The van der Waals surface area contributed by atoms with E-state index in [1.165, 1.54) is 180 Å². The van der Waals surface area contributed by atoms with E-state index in [1.54, 1.807) is 6.08 Å². The van der Waals surface area contributed by atoms with Gasteiger partial charge >= 0.3 is 0 Å². The molecule has 1 amide bonds. The molecule has 0 saturated carbocycles. The molecule has 0 aromatic heterocycles.